The molecule has 0 spiro atoms. The first kappa shape index (κ1) is 16.9. The molecule has 4 N–H and O–H groups in total. The van der Waals surface area contributed by atoms with Gasteiger partial charge >= 0.3 is 5.97 Å². The van der Waals surface area contributed by atoms with Crippen molar-refractivity contribution in [2.24, 2.45) is 5.41 Å². The SMILES string of the molecule is CC(C)(C)CC(CC(=O)O)NC(=O)c1cc(F)ccc1N. The quantitative estimate of drug-likeness (QED) is 0.727. The van der Waals surface area contributed by atoms with Crippen molar-refractivity contribution in [1.82, 2.24) is 5.32 Å². The van der Waals surface area contributed by atoms with E-state index in [4.69, 9.17) is 10.8 Å². The third-order valence-electron chi connectivity index (χ3n) is 2.87. The lowest BCUT2D eigenvalue weighted by molar-refractivity contribution is -0.137. The van der Waals surface area contributed by atoms with Gasteiger partial charge in [-0.15, -0.1) is 0 Å². The zero-order chi connectivity index (χ0) is 16.2. The van der Waals surface area contributed by atoms with Crippen LogP contribution in [0.4, 0.5) is 10.1 Å². The van der Waals surface area contributed by atoms with Crippen LogP contribution in [-0.2, 0) is 4.79 Å². The maximum atomic E-state index is 13.2. The van der Waals surface area contributed by atoms with E-state index in [1.165, 1.54) is 6.07 Å². The average molecular weight is 296 g/mol. The summed E-state index contributed by atoms with van der Waals surface area (Å²) < 4.78 is 13.2. The van der Waals surface area contributed by atoms with Crippen LogP contribution in [0.15, 0.2) is 18.2 Å². The van der Waals surface area contributed by atoms with E-state index in [2.05, 4.69) is 5.32 Å². The molecular weight excluding hydrogens is 275 g/mol. The molecule has 0 heterocycles. The number of halogens is 1. The van der Waals surface area contributed by atoms with E-state index in [0.29, 0.717) is 6.42 Å². The standard InChI is InChI=1S/C15H21FN2O3/c1-15(2,3)8-10(7-13(19)20)18-14(21)11-6-9(16)4-5-12(11)17/h4-6,10H,7-8,17H2,1-3H3,(H,18,21)(H,19,20). The Bertz CT molecular complexity index is 538. The Morgan fingerprint density at radius 1 is 1.38 bits per heavy atom. The fourth-order valence-electron chi connectivity index (χ4n) is 2.11. The molecule has 0 aliphatic rings. The van der Waals surface area contributed by atoms with Crippen LogP contribution in [0.3, 0.4) is 0 Å². The number of rotatable bonds is 5. The van der Waals surface area contributed by atoms with E-state index >= 15 is 0 Å². The molecule has 1 unspecified atom stereocenters. The van der Waals surface area contributed by atoms with Crippen molar-refractivity contribution in [3.63, 3.8) is 0 Å². The second kappa shape index (κ2) is 6.56. The van der Waals surface area contributed by atoms with Crippen LogP contribution in [-0.4, -0.2) is 23.0 Å². The normalized spacial score (nSPS) is 12.8. The number of nitrogens with two attached hydrogens (primary N) is 1. The summed E-state index contributed by atoms with van der Waals surface area (Å²) in [5.41, 5.74) is 5.66. The largest absolute Gasteiger partial charge is 0.481 e. The number of hydrogen-bond donors (Lipinski definition) is 3. The summed E-state index contributed by atoms with van der Waals surface area (Å²) in [5, 5.41) is 11.5. The number of hydrogen-bond acceptors (Lipinski definition) is 3. The van der Waals surface area contributed by atoms with Crippen LogP contribution >= 0.6 is 0 Å². The van der Waals surface area contributed by atoms with Gasteiger partial charge in [0.1, 0.15) is 5.82 Å². The highest BCUT2D eigenvalue weighted by molar-refractivity contribution is 5.99. The number of nitrogens with one attached hydrogen (secondary N) is 1. The summed E-state index contributed by atoms with van der Waals surface area (Å²) in [7, 11) is 0. The molecule has 0 aromatic heterocycles. The lowest BCUT2D eigenvalue weighted by Gasteiger charge is -2.26. The fraction of sp³-hybridized carbons (Fsp3) is 0.467. The zero-order valence-electron chi connectivity index (χ0n) is 12.4. The summed E-state index contributed by atoms with van der Waals surface area (Å²) in [6.07, 6.45) is 0.290. The monoisotopic (exact) mass is 296 g/mol. The van der Waals surface area contributed by atoms with Crippen LogP contribution in [0.5, 0.6) is 0 Å². The van der Waals surface area contributed by atoms with Crippen molar-refractivity contribution in [3.05, 3.63) is 29.6 Å². The predicted octanol–water partition coefficient (Wildman–Crippen LogP) is 2.42. The van der Waals surface area contributed by atoms with Crippen molar-refractivity contribution in [2.75, 3.05) is 5.73 Å². The van der Waals surface area contributed by atoms with Gasteiger partial charge in [0.05, 0.1) is 12.0 Å². The first-order valence-electron chi connectivity index (χ1n) is 6.66. The Labute approximate surface area is 123 Å². The smallest absolute Gasteiger partial charge is 0.305 e. The van der Waals surface area contributed by atoms with E-state index in [0.717, 1.165) is 12.1 Å². The molecule has 0 radical (unpaired) electrons. The van der Waals surface area contributed by atoms with Gasteiger partial charge in [-0.25, -0.2) is 4.39 Å². The number of benzene rings is 1. The van der Waals surface area contributed by atoms with Gasteiger partial charge < -0.3 is 16.2 Å². The summed E-state index contributed by atoms with van der Waals surface area (Å²) in [4.78, 5) is 23.0. The molecule has 1 aromatic carbocycles. The van der Waals surface area contributed by atoms with Gasteiger partial charge in [0.2, 0.25) is 0 Å². The molecule has 0 saturated carbocycles. The molecular formula is C15H21FN2O3. The molecule has 0 saturated heterocycles. The van der Waals surface area contributed by atoms with Crippen molar-refractivity contribution in [1.29, 1.82) is 0 Å². The van der Waals surface area contributed by atoms with E-state index in [9.17, 15) is 14.0 Å². The number of aliphatic carboxylic acids is 1. The third kappa shape index (κ3) is 5.81. The van der Waals surface area contributed by atoms with Gasteiger partial charge in [-0.2, -0.15) is 0 Å². The van der Waals surface area contributed by atoms with Gasteiger partial charge in [0.15, 0.2) is 0 Å². The van der Waals surface area contributed by atoms with Crippen molar-refractivity contribution >= 4 is 17.6 Å². The molecule has 0 fully saturated rings. The van der Waals surface area contributed by atoms with Crippen LogP contribution < -0.4 is 11.1 Å². The lowest BCUT2D eigenvalue weighted by atomic mass is 9.87. The number of anilines is 1. The van der Waals surface area contributed by atoms with E-state index in [-0.39, 0.29) is 23.1 Å². The number of carbonyl (C=O) groups excluding carboxylic acids is 1. The summed E-state index contributed by atoms with van der Waals surface area (Å²) in [6, 6.07) is 2.97. The highest BCUT2D eigenvalue weighted by Crippen LogP contribution is 2.23. The topological polar surface area (TPSA) is 92.4 Å². The predicted molar refractivity (Wildman–Crippen MR) is 78.4 cm³/mol. The number of amides is 1. The first-order chi connectivity index (χ1) is 9.58. The minimum atomic E-state index is -1.00. The molecule has 0 aliphatic heterocycles. The van der Waals surface area contributed by atoms with E-state index in [1.54, 1.807) is 0 Å². The van der Waals surface area contributed by atoms with Crippen LogP contribution in [0.2, 0.25) is 0 Å². The second-order valence-corrected chi connectivity index (χ2v) is 6.26. The molecule has 5 nitrogen and oxygen atoms in total. The molecule has 6 heteroatoms. The van der Waals surface area contributed by atoms with Crippen LogP contribution in [0, 0.1) is 11.2 Å². The van der Waals surface area contributed by atoms with Crippen LogP contribution in [0.1, 0.15) is 44.0 Å². The summed E-state index contributed by atoms with van der Waals surface area (Å²) in [6.45, 7) is 5.85. The third-order valence-corrected chi connectivity index (χ3v) is 2.87. The second-order valence-electron chi connectivity index (χ2n) is 6.26. The minimum absolute atomic E-state index is 0.0132. The minimum Gasteiger partial charge on any atom is -0.481 e. The average Bonchev–Trinajstić information content (AvgIpc) is 2.28. The van der Waals surface area contributed by atoms with Gasteiger partial charge in [0.25, 0.3) is 5.91 Å². The van der Waals surface area contributed by atoms with Gasteiger partial charge in [-0.1, -0.05) is 20.8 Å². The van der Waals surface area contributed by atoms with Crippen molar-refractivity contribution in [3.8, 4) is 0 Å². The maximum absolute atomic E-state index is 13.2. The van der Waals surface area contributed by atoms with Gasteiger partial charge in [0, 0.05) is 11.7 Å². The summed E-state index contributed by atoms with van der Waals surface area (Å²) in [5.74, 6) is -2.14. The van der Waals surface area contributed by atoms with Gasteiger partial charge in [-0.3, -0.25) is 9.59 Å². The summed E-state index contributed by atoms with van der Waals surface area (Å²) >= 11 is 0. The number of carbonyl (C=O) groups is 2. The number of carboxylic acids is 1. The van der Waals surface area contributed by atoms with Crippen LogP contribution in [0.25, 0.3) is 0 Å². The molecule has 21 heavy (non-hydrogen) atoms. The molecule has 116 valence electrons. The molecule has 1 rings (SSSR count). The number of carboxylic acid groups (broad SMARTS) is 1. The van der Waals surface area contributed by atoms with E-state index in [1.807, 2.05) is 20.8 Å². The van der Waals surface area contributed by atoms with E-state index < -0.39 is 23.7 Å². The highest BCUT2D eigenvalue weighted by Gasteiger charge is 2.24. The molecule has 1 amide bonds. The van der Waals surface area contributed by atoms with Crippen molar-refractivity contribution in [2.45, 2.75) is 39.7 Å². The molecule has 1 atom stereocenters. The molecule has 1 aromatic rings. The Morgan fingerprint density at radius 2 is 2.00 bits per heavy atom. The lowest BCUT2D eigenvalue weighted by Crippen LogP contribution is -2.39. The first-order valence-corrected chi connectivity index (χ1v) is 6.66. The fourth-order valence-corrected chi connectivity index (χ4v) is 2.11. The Hall–Kier alpha value is -2.11. The number of nitrogen functional groups attached to an aromatic ring is 1. The maximum Gasteiger partial charge on any atom is 0.305 e. The zero-order valence-corrected chi connectivity index (χ0v) is 12.4. The molecule has 0 bridgehead atoms. The Balaban J connectivity index is 2.89. The Kier molecular flexibility index (Phi) is 5.29. The van der Waals surface area contributed by atoms with Crippen molar-refractivity contribution < 1.29 is 19.1 Å². The highest BCUT2D eigenvalue weighted by atomic mass is 19.1. The van der Waals surface area contributed by atoms with Gasteiger partial charge in [-0.05, 0) is 30.0 Å². The Morgan fingerprint density at radius 3 is 2.52 bits per heavy atom. The molecule has 0 aliphatic carbocycles.